The van der Waals surface area contributed by atoms with Gasteiger partial charge in [0.1, 0.15) is 0 Å². The normalized spacial score (nSPS) is 12.0. The Labute approximate surface area is 347 Å². The molecular formula is C45H43N3O8S3. The van der Waals surface area contributed by atoms with Crippen LogP contribution in [0.4, 0.5) is 0 Å². The third-order valence-corrected chi connectivity index (χ3v) is 15.2. The predicted octanol–water partition coefficient (Wildman–Crippen LogP) is 6.02. The van der Waals surface area contributed by atoms with Gasteiger partial charge in [0.15, 0.2) is 0 Å². The van der Waals surface area contributed by atoms with Gasteiger partial charge in [0.25, 0.3) is 0 Å². The minimum atomic E-state index is -4.37. The highest BCUT2D eigenvalue weighted by molar-refractivity contribution is 7.89. The fourth-order valence-electron chi connectivity index (χ4n) is 6.14. The highest BCUT2D eigenvalue weighted by Crippen LogP contribution is 2.24. The van der Waals surface area contributed by atoms with Gasteiger partial charge in [-0.2, -0.15) is 12.9 Å². The van der Waals surface area contributed by atoms with E-state index in [1.54, 1.807) is 67.6 Å². The molecule has 0 amide bonds. The van der Waals surface area contributed by atoms with Crippen LogP contribution in [0.2, 0.25) is 0 Å². The second kappa shape index (κ2) is 18.9. The lowest BCUT2D eigenvalue weighted by Crippen LogP contribution is -2.44. The van der Waals surface area contributed by atoms with E-state index in [-0.39, 0.29) is 52.0 Å². The summed E-state index contributed by atoms with van der Waals surface area (Å²) in [7, 11) is -12.9. The first-order valence-electron chi connectivity index (χ1n) is 18.4. The summed E-state index contributed by atoms with van der Waals surface area (Å²) in [6.07, 6.45) is 10.7. The summed E-state index contributed by atoms with van der Waals surface area (Å²) >= 11 is 0. The number of Topliss-reactive ketones (excluding diaryl/α,β-unsaturated/α-hetero) is 2. The molecule has 0 radical (unpaired) electrons. The Bertz CT molecular complexity index is 2600. The molecule has 0 saturated heterocycles. The van der Waals surface area contributed by atoms with Crippen LogP contribution in [0, 0.1) is 45.5 Å². The zero-order chi connectivity index (χ0) is 43.0. The molecular weight excluding hydrogens is 807 g/mol. The average Bonchev–Trinajstić information content (AvgIpc) is 3.22. The molecule has 0 aliphatic carbocycles. The van der Waals surface area contributed by atoms with Crippen LogP contribution in [-0.4, -0.2) is 75.9 Å². The summed E-state index contributed by atoms with van der Waals surface area (Å²) in [6, 6.07) is 30.9. The highest BCUT2D eigenvalue weighted by atomic mass is 32.2. The van der Waals surface area contributed by atoms with E-state index in [9.17, 15) is 34.8 Å². The van der Waals surface area contributed by atoms with E-state index in [0.29, 0.717) is 11.1 Å². The van der Waals surface area contributed by atoms with Gasteiger partial charge in [-0.15, -0.1) is 12.8 Å². The molecule has 0 bridgehead atoms. The fraction of sp³-hybridized carbons (Fsp3) is 0.200. The first kappa shape index (κ1) is 44.4. The van der Waals surface area contributed by atoms with Crippen molar-refractivity contribution in [2.24, 2.45) is 0 Å². The van der Waals surface area contributed by atoms with E-state index >= 15 is 0 Å². The van der Waals surface area contributed by atoms with Gasteiger partial charge in [-0.25, -0.2) is 25.3 Å². The molecule has 5 aromatic rings. The summed E-state index contributed by atoms with van der Waals surface area (Å²) in [5, 5.41) is 0. The second-order valence-electron chi connectivity index (χ2n) is 13.9. The minimum absolute atomic E-state index is 0.0344. The molecule has 59 heavy (non-hydrogen) atoms. The van der Waals surface area contributed by atoms with Gasteiger partial charge in [-0.1, -0.05) is 89.5 Å². The largest absolute Gasteiger partial charge is 0.279 e. The number of ketones is 2. The quantitative estimate of drug-likeness (QED) is 0.0592. The summed E-state index contributed by atoms with van der Waals surface area (Å²) in [4.78, 5) is 24.6. The Morgan fingerprint density at radius 3 is 1.05 bits per heavy atom. The van der Waals surface area contributed by atoms with Gasteiger partial charge < -0.3 is 0 Å². The first-order valence-corrected chi connectivity index (χ1v) is 22.7. The maximum atomic E-state index is 14.5. The lowest BCUT2D eigenvalue weighted by atomic mass is 10.1. The van der Waals surface area contributed by atoms with Crippen LogP contribution in [0.5, 0.6) is 0 Å². The smallest absolute Gasteiger partial charge is 0.243 e. The Balaban J connectivity index is 1.56. The van der Waals surface area contributed by atoms with Crippen molar-refractivity contribution in [3.63, 3.8) is 0 Å². The van der Waals surface area contributed by atoms with Crippen molar-refractivity contribution in [1.82, 2.24) is 12.9 Å². The monoisotopic (exact) mass is 849 g/mol. The number of carbonyl (C=O) groups excluding carboxylic acids is 2. The zero-order valence-corrected chi connectivity index (χ0v) is 35.2. The lowest BCUT2D eigenvalue weighted by molar-refractivity contribution is 0.104. The number of nitrogens with zero attached hydrogens (tertiary/aromatic N) is 3. The van der Waals surface area contributed by atoms with Crippen LogP contribution in [0.1, 0.15) is 48.5 Å². The predicted molar refractivity (Wildman–Crippen MR) is 227 cm³/mol. The highest BCUT2D eigenvalue weighted by Gasteiger charge is 2.32. The van der Waals surface area contributed by atoms with Crippen LogP contribution in [0.25, 0.3) is 0 Å². The number of aryl methyl sites for hydroxylation is 3. The maximum absolute atomic E-state index is 14.5. The van der Waals surface area contributed by atoms with E-state index in [0.717, 1.165) is 29.6 Å². The number of rotatable bonds is 18. The Kier molecular flexibility index (Phi) is 14.2. The number of carbonyl (C=O) groups is 2. The zero-order valence-electron chi connectivity index (χ0n) is 32.8. The molecule has 0 heterocycles. The van der Waals surface area contributed by atoms with E-state index in [2.05, 4.69) is 11.8 Å². The molecule has 11 nitrogen and oxygen atoms in total. The van der Waals surface area contributed by atoms with Gasteiger partial charge in [0.2, 0.25) is 41.6 Å². The van der Waals surface area contributed by atoms with Crippen LogP contribution in [0.15, 0.2) is 136 Å². The number of sulfonamides is 3. The van der Waals surface area contributed by atoms with Crippen LogP contribution in [0.3, 0.4) is 0 Å². The van der Waals surface area contributed by atoms with Crippen LogP contribution < -0.4 is 0 Å². The molecule has 0 aromatic heterocycles. The van der Waals surface area contributed by atoms with E-state index in [4.69, 9.17) is 12.8 Å². The summed E-state index contributed by atoms with van der Waals surface area (Å²) in [6.45, 7) is 3.41. The van der Waals surface area contributed by atoms with Gasteiger partial charge >= 0.3 is 0 Å². The van der Waals surface area contributed by atoms with Crippen molar-refractivity contribution in [2.45, 2.75) is 48.5 Å². The number of hydrogen-bond acceptors (Lipinski definition) is 8. The molecule has 0 N–H and O–H groups in total. The van der Waals surface area contributed by atoms with Crippen LogP contribution >= 0.6 is 0 Å². The second-order valence-corrected chi connectivity index (χ2v) is 19.7. The summed E-state index contributed by atoms with van der Waals surface area (Å²) in [5.41, 5.74) is 3.68. The van der Waals surface area contributed by atoms with Crippen LogP contribution in [-0.2, 0) is 43.2 Å². The van der Waals surface area contributed by atoms with E-state index < -0.39 is 54.7 Å². The Hall–Kier alpha value is -5.71. The Morgan fingerprint density at radius 1 is 0.458 bits per heavy atom. The number of benzene rings is 5. The molecule has 0 saturated carbocycles. The van der Waals surface area contributed by atoms with Crippen molar-refractivity contribution in [1.29, 1.82) is 0 Å². The molecule has 0 spiro atoms. The van der Waals surface area contributed by atoms with Crippen molar-refractivity contribution < 1.29 is 34.8 Å². The lowest BCUT2D eigenvalue weighted by Gasteiger charge is -2.30. The standard InChI is InChI=1S/C45H43N3O8S3/c1-6-44(49)39-12-8-10-37(30-39)32-47(58(53,54)42-22-16-35(4)17-23-42)28-26-46(57(51,52)41-20-14-34(3)15-21-41)27-29-48(59(55,56)43-24-18-36(5)19-25-43)33-38-11-9-13-40(31-38)45(50)7-2/h1-2,8-25,30-31H,26-29,32-33H2,3-5H3. The van der Waals surface area contributed by atoms with Gasteiger partial charge in [-0.3, -0.25) is 9.59 Å². The molecule has 14 heteroatoms. The molecule has 0 aliphatic heterocycles. The van der Waals surface area contributed by atoms with E-state index in [1.165, 1.54) is 60.7 Å². The SMILES string of the molecule is C#CC(=O)c1cccc(CN(CCN(CCN(Cc2cccc(C(=O)C#C)c2)S(=O)(=O)c2ccc(C)cc2)S(=O)(=O)c2ccc(C)cc2)S(=O)(=O)c2ccc(C)cc2)c1. The van der Waals surface area contributed by atoms with Crippen molar-refractivity contribution in [2.75, 3.05) is 26.2 Å². The number of terminal acetylenes is 2. The molecule has 0 unspecified atom stereocenters. The van der Waals surface area contributed by atoms with Crippen molar-refractivity contribution in [3.05, 3.63) is 160 Å². The van der Waals surface area contributed by atoms with Gasteiger partial charge in [0, 0.05) is 50.4 Å². The fourth-order valence-corrected chi connectivity index (χ4v) is 10.4. The molecule has 304 valence electrons. The van der Waals surface area contributed by atoms with Gasteiger partial charge in [0.05, 0.1) is 14.7 Å². The van der Waals surface area contributed by atoms with Gasteiger partial charge in [-0.05, 0) is 92.3 Å². The van der Waals surface area contributed by atoms with Crippen molar-refractivity contribution in [3.8, 4) is 24.7 Å². The third kappa shape index (κ3) is 10.9. The topological polar surface area (TPSA) is 146 Å². The average molecular weight is 850 g/mol. The van der Waals surface area contributed by atoms with Crippen molar-refractivity contribution >= 4 is 41.6 Å². The summed E-state index contributed by atoms with van der Waals surface area (Å²) in [5.74, 6) is 2.94. The maximum Gasteiger partial charge on any atom is 0.243 e. The molecule has 5 aromatic carbocycles. The minimum Gasteiger partial charge on any atom is -0.279 e. The van der Waals surface area contributed by atoms with E-state index in [1.807, 2.05) is 13.8 Å². The first-order chi connectivity index (χ1) is 27.9. The third-order valence-electron chi connectivity index (χ3n) is 9.53. The molecule has 0 atom stereocenters. The number of hydrogen-bond donors (Lipinski definition) is 0. The molecule has 5 rings (SSSR count). The summed E-state index contributed by atoms with van der Waals surface area (Å²) < 4.78 is 89.5. The molecule has 0 fully saturated rings. The Morgan fingerprint density at radius 2 is 0.746 bits per heavy atom. The molecule has 0 aliphatic rings.